The van der Waals surface area contributed by atoms with Crippen LogP contribution in [0.4, 0.5) is 35.0 Å². The first-order valence-electron chi connectivity index (χ1n) is 6.04. The molecule has 110 valence electrons. The van der Waals surface area contributed by atoms with Crippen LogP contribution in [-0.4, -0.2) is 24.3 Å². The van der Waals surface area contributed by atoms with Crippen LogP contribution in [0.3, 0.4) is 0 Å². The molecular weight excluding hydrogens is 275 g/mol. The van der Waals surface area contributed by atoms with Crippen LogP contribution in [0.25, 0.3) is 0 Å². The molecule has 0 aliphatic carbocycles. The smallest absolute Gasteiger partial charge is 0.418 e. The van der Waals surface area contributed by atoms with Gasteiger partial charge in [0.2, 0.25) is 0 Å². The molecule has 1 aliphatic heterocycles. The van der Waals surface area contributed by atoms with E-state index >= 15 is 0 Å². The van der Waals surface area contributed by atoms with Crippen LogP contribution in [0, 0.1) is 0 Å². The van der Waals surface area contributed by atoms with Gasteiger partial charge in [0.05, 0.1) is 22.6 Å². The van der Waals surface area contributed by atoms with Crippen LogP contribution in [0.15, 0.2) is 12.1 Å². The fourth-order valence-electron chi connectivity index (χ4n) is 2.28. The number of nitrogens with two attached hydrogens (primary N) is 1. The summed E-state index contributed by atoms with van der Waals surface area (Å²) in [6, 6.07) is 1.93. The fraction of sp³-hybridized carbons (Fsp3) is 0.417. The number of hydrogen-bond donors (Lipinski definition) is 3. The van der Waals surface area contributed by atoms with E-state index in [0.717, 1.165) is 25.0 Å². The number of benzene rings is 1. The third kappa shape index (κ3) is 2.89. The van der Waals surface area contributed by atoms with E-state index in [-0.39, 0.29) is 17.1 Å². The Kier molecular flexibility index (Phi) is 3.65. The van der Waals surface area contributed by atoms with E-state index < -0.39 is 17.8 Å². The summed E-state index contributed by atoms with van der Waals surface area (Å²) in [5.41, 5.74) is 4.33. The van der Waals surface area contributed by atoms with Crippen molar-refractivity contribution in [3.05, 3.63) is 17.7 Å². The summed E-state index contributed by atoms with van der Waals surface area (Å²) in [6.45, 7) is 1.03. The van der Waals surface area contributed by atoms with Crippen LogP contribution in [0.1, 0.15) is 18.4 Å². The lowest BCUT2D eigenvalue weighted by atomic mass is 10.1. The maximum atomic E-state index is 13.1. The number of nitrogens with one attached hydrogen (secondary N) is 1. The number of alkyl halides is 3. The second-order valence-corrected chi connectivity index (χ2v) is 4.58. The highest BCUT2D eigenvalue weighted by atomic mass is 19.4. The molecule has 8 heteroatoms. The van der Waals surface area contributed by atoms with Crippen molar-refractivity contribution >= 4 is 23.2 Å². The Balaban J connectivity index is 2.50. The standard InChI is InChI=1S/C12H14F3N3O2/c13-12(14,15)7-5-8(16)9(17-11(19)20)6-10(7)18-3-1-2-4-18/h5-6,17H,1-4,16H2,(H,19,20). The lowest BCUT2D eigenvalue weighted by molar-refractivity contribution is -0.137. The van der Waals surface area contributed by atoms with Gasteiger partial charge < -0.3 is 15.7 Å². The molecule has 1 aromatic carbocycles. The van der Waals surface area contributed by atoms with E-state index in [1.807, 2.05) is 5.32 Å². The van der Waals surface area contributed by atoms with Crippen molar-refractivity contribution in [2.24, 2.45) is 0 Å². The topological polar surface area (TPSA) is 78.6 Å². The molecule has 1 saturated heterocycles. The van der Waals surface area contributed by atoms with Crippen LogP contribution < -0.4 is 16.0 Å². The van der Waals surface area contributed by atoms with E-state index in [1.54, 1.807) is 4.90 Å². The van der Waals surface area contributed by atoms with E-state index in [1.165, 1.54) is 0 Å². The van der Waals surface area contributed by atoms with Crippen LogP contribution >= 0.6 is 0 Å². The number of carbonyl (C=O) groups is 1. The van der Waals surface area contributed by atoms with Crippen molar-refractivity contribution in [3.8, 4) is 0 Å². The van der Waals surface area contributed by atoms with E-state index in [9.17, 15) is 18.0 Å². The van der Waals surface area contributed by atoms with E-state index in [0.29, 0.717) is 13.1 Å². The van der Waals surface area contributed by atoms with Crippen LogP contribution in [0.2, 0.25) is 0 Å². The lowest BCUT2D eigenvalue weighted by Crippen LogP contribution is -2.23. The minimum atomic E-state index is -4.53. The molecule has 0 atom stereocenters. The Morgan fingerprint density at radius 3 is 2.40 bits per heavy atom. The molecule has 1 aliphatic rings. The number of halogens is 3. The maximum absolute atomic E-state index is 13.1. The molecule has 1 aromatic rings. The van der Waals surface area contributed by atoms with Crippen molar-refractivity contribution in [1.82, 2.24) is 0 Å². The summed E-state index contributed by atoms with van der Waals surface area (Å²) in [5, 5.41) is 10.7. The zero-order chi connectivity index (χ0) is 14.9. The van der Waals surface area contributed by atoms with Gasteiger partial charge in [0.25, 0.3) is 0 Å². The maximum Gasteiger partial charge on any atom is 0.418 e. The summed E-state index contributed by atoms with van der Waals surface area (Å²) in [4.78, 5) is 12.2. The summed E-state index contributed by atoms with van der Waals surface area (Å²) in [7, 11) is 0. The van der Waals surface area contributed by atoms with E-state index in [2.05, 4.69) is 0 Å². The van der Waals surface area contributed by atoms with Crippen LogP contribution in [0.5, 0.6) is 0 Å². The molecule has 20 heavy (non-hydrogen) atoms. The highest BCUT2D eigenvalue weighted by Gasteiger charge is 2.36. The first-order valence-corrected chi connectivity index (χ1v) is 6.04. The van der Waals surface area contributed by atoms with Crippen LogP contribution in [-0.2, 0) is 6.18 Å². The molecule has 2 rings (SSSR count). The highest BCUT2D eigenvalue weighted by molar-refractivity contribution is 5.89. The molecule has 4 N–H and O–H groups in total. The summed E-state index contributed by atoms with van der Waals surface area (Å²) < 4.78 is 39.2. The predicted molar refractivity (Wildman–Crippen MR) is 69.0 cm³/mol. The monoisotopic (exact) mass is 289 g/mol. The number of rotatable bonds is 2. The zero-order valence-electron chi connectivity index (χ0n) is 10.5. The molecule has 5 nitrogen and oxygen atoms in total. The quantitative estimate of drug-likeness (QED) is 0.731. The van der Waals surface area contributed by atoms with Gasteiger partial charge in [-0.1, -0.05) is 0 Å². The largest absolute Gasteiger partial charge is 0.465 e. The third-order valence-electron chi connectivity index (χ3n) is 3.16. The van der Waals surface area contributed by atoms with Crippen molar-refractivity contribution in [2.75, 3.05) is 29.0 Å². The molecule has 0 bridgehead atoms. The Hall–Kier alpha value is -2.12. The lowest BCUT2D eigenvalue weighted by Gasteiger charge is -2.24. The Labute approximate surface area is 113 Å². The third-order valence-corrected chi connectivity index (χ3v) is 3.16. The minimum absolute atomic E-state index is 0.0343. The number of carboxylic acid groups (broad SMARTS) is 1. The van der Waals surface area contributed by atoms with Gasteiger partial charge >= 0.3 is 12.3 Å². The number of hydrogen-bond acceptors (Lipinski definition) is 3. The molecule has 1 heterocycles. The summed E-state index contributed by atoms with van der Waals surface area (Å²) in [6.07, 6.45) is -4.29. The first kappa shape index (κ1) is 14.3. The van der Waals surface area contributed by atoms with Gasteiger partial charge in [0, 0.05) is 13.1 Å². The average molecular weight is 289 g/mol. The summed E-state index contributed by atoms with van der Waals surface area (Å²) in [5.74, 6) is 0. The second-order valence-electron chi connectivity index (χ2n) is 4.58. The second kappa shape index (κ2) is 5.10. The molecule has 0 spiro atoms. The van der Waals surface area contributed by atoms with Gasteiger partial charge in [0.15, 0.2) is 0 Å². The molecule has 0 aromatic heterocycles. The molecule has 0 saturated carbocycles. The van der Waals surface area contributed by atoms with Crippen molar-refractivity contribution < 1.29 is 23.1 Å². The Morgan fingerprint density at radius 1 is 1.30 bits per heavy atom. The SMILES string of the molecule is Nc1cc(C(F)(F)F)c(N2CCCC2)cc1NC(=O)O. The predicted octanol–water partition coefficient (Wildman–Crippen LogP) is 2.98. The van der Waals surface area contributed by atoms with Crippen molar-refractivity contribution in [2.45, 2.75) is 19.0 Å². The number of amides is 1. The van der Waals surface area contributed by atoms with E-state index in [4.69, 9.17) is 10.8 Å². The molecule has 1 amide bonds. The minimum Gasteiger partial charge on any atom is -0.465 e. The zero-order valence-corrected chi connectivity index (χ0v) is 10.5. The Morgan fingerprint density at radius 2 is 1.90 bits per heavy atom. The molecule has 0 radical (unpaired) electrons. The Bertz CT molecular complexity index is 525. The molecular formula is C12H14F3N3O2. The number of anilines is 3. The average Bonchev–Trinajstić information content (AvgIpc) is 2.82. The van der Waals surface area contributed by atoms with Gasteiger partial charge in [-0.3, -0.25) is 5.32 Å². The van der Waals surface area contributed by atoms with Crippen molar-refractivity contribution in [1.29, 1.82) is 0 Å². The normalized spacial score (nSPS) is 15.4. The first-order chi connectivity index (χ1) is 9.29. The van der Waals surface area contributed by atoms with Gasteiger partial charge in [-0.25, -0.2) is 4.79 Å². The molecule has 1 fully saturated rings. The van der Waals surface area contributed by atoms with Crippen molar-refractivity contribution in [3.63, 3.8) is 0 Å². The van der Waals surface area contributed by atoms with Gasteiger partial charge in [0.1, 0.15) is 0 Å². The highest BCUT2D eigenvalue weighted by Crippen LogP contribution is 2.41. The van der Waals surface area contributed by atoms with Gasteiger partial charge in [-0.05, 0) is 25.0 Å². The fourth-order valence-corrected chi connectivity index (χ4v) is 2.28. The van der Waals surface area contributed by atoms with Gasteiger partial charge in [-0.2, -0.15) is 13.2 Å². The number of nitrogens with zero attached hydrogens (tertiary/aromatic N) is 1. The van der Waals surface area contributed by atoms with Gasteiger partial charge in [-0.15, -0.1) is 0 Å². The molecule has 0 unspecified atom stereocenters. The summed E-state index contributed by atoms with van der Waals surface area (Å²) >= 11 is 0. The number of nitrogen functional groups attached to an aromatic ring is 1.